The van der Waals surface area contributed by atoms with Crippen LogP contribution in [-0.2, 0) is 4.79 Å². The number of nitrogens with one attached hydrogen (secondary N) is 1. The molecule has 0 aliphatic heterocycles. The number of amides is 1. The van der Waals surface area contributed by atoms with Crippen LogP contribution < -0.4 is 14.8 Å². The lowest BCUT2D eigenvalue weighted by Crippen LogP contribution is -2.49. The average Bonchev–Trinajstić information content (AvgIpc) is 2.41. The SMILES string of the molecule is COc1ccc(C(=O)N[C@@H](C(=O)O)C(C)(C)C)c(OC)c1. The molecule has 0 heterocycles. The quantitative estimate of drug-likeness (QED) is 0.867. The second-order valence-electron chi connectivity index (χ2n) is 5.68. The van der Waals surface area contributed by atoms with Crippen LogP contribution in [0.4, 0.5) is 0 Å². The summed E-state index contributed by atoms with van der Waals surface area (Å²) >= 11 is 0. The summed E-state index contributed by atoms with van der Waals surface area (Å²) in [5.41, 5.74) is -0.352. The van der Waals surface area contributed by atoms with E-state index < -0.39 is 23.3 Å². The molecule has 0 saturated carbocycles. The van der Waals surface area contributed by atoms with Gasteiger partial charge < -0.3 is 19.9 Å². The Morgan fingerprint density at radius 1 is 1.19 bits per heavy atom. The molecule has 116 valence electrons. The van der Waals surface area contributed by atoms with E-state index in [1.165, 1.54) is 20.3 Å². The van der Waals surface area contributed by atoms with Gasteiger partial charge in [0.05, 0.1) is 19.8 Å². The molecule has 0 aliphatic rings. The van der Waals surface area contributed by atoms with Crippen LogP contribution in [0.2, 0.25) is 0 Å². The summed E-state index contributed by atoms with van der Waals surface area (Å²) in [6.07, 6.45) is 0. The standard InChI is InChI=1S/C15H21NO5/c1-15(2,3)12(14(18)19)16-13(17)10-7-6-9(20-4)8-11(10)21-5/h6-8,12H,1-5H3,(H,16,17)(H,18,19)/t12-/m0/s1. The van der Waals surface area contributed by atoms with Gasteiger partial charge in [-0.25, -0.2) is 4.79 Å². The van der Waals surface area contributed by atoms with Gasteiger partial charge in [-0.15, -0.1) is 0 Å². The first kappa shape index (κ1) is 16.8. The molecule has 1 amide bonds. The van der Waals surface area contributed by atoms with Crippen molar-refractivity contribution in [2.45, 2.75) is 26.8 Å². The van der Waals surface area contributed by atoms with Crippen LogP contribution in [0.3, 0.4) is 0 Å². The zero-order chi connectivity index (χ0) is 16.2. The summed E-state index contributed by atoms with van der Waals surface area (Å²) in [7, 11) is 2.94. The zero-order valence-electron chi connectivity index (χ0n) is 12.9. The number of carbonyl (C=O) groups excluding carboxylic acids is 1. The molecule has 2 N–H and O–H groups in total. The zero-order valence-corrected chi connectivity index (χ0v) is 12.9. The third-order valence-electron chi connectivity index (χ3n) is 3.04. The second kappa shape index (κ2) is 6.47. The van der Waals surface area contributed by atoms with Crippen LogP contribution in [0.1, 0.15) is 31.1 Å². The Labute approximate surface area is 124 Å². The maximum absolute atomic E-state index is 12.3. The Kier molecular flexibility index (Phi) is 5.18. The highest BCUT2D eigenvalue weighted by atomic mass is 16.5. The first-order valence-corrected chi connectivity index (χ1v) is 6.46. The number of ether oxygens (including phenoxy) is 2. The Morgan fingerprint density at radius 3 is 2.24 bits per heavy atom. The van der Waals surface area contributed by atoms with Crippen LogP contribution in [0.15, 0.2) is 18.2 Å². The molecule has 1 aromatic rings. The molecule has 6 nitrogen and oxygen atoms in total. The van der Waals surface area contributed by atoms with Crippen molar-refractivity contribution in [1.82, 2.24) is 5.32 Å². The van der Waals surface area contributed by atoms with E-state index in [0.717, 1.165) is 0 Å². The molecule has 0 unspecified atom stereocenters. The maximum atomic E-state index is 12.3. The number of carbonyl (C=O) groups is 2. The van der Waals surface area contributed by atoms with Gasteiger partial charge in [0, 0.05) is 6.07 Å². The van der Waals surface area contributed by atoms with E-state index in [2.05, 4.69) is 5.32 Å². The first-order chi connectivity index (χ1) is 9.70. The third kappa shape index (κ3) is 4.11. The Bertz CT molecular complexity index is 533. The van der Waals surface area contributed by atoms with E-state index >= 15 is 0 Å². The number of carboxylic acid groups (broad SMARTS) is 1. The normalized spacial score (nSPS) is 12.4. The number of aliphatic carboxylic acids is 1. The van der Waals surface area contributed by atoms with Gasteiger partial charge in [0.25, 0.3) is 5.91 Å². The van der Waals surface area contributed by atoms with Gasteiger partial charge >= 0.3 is 5.97 Å². The number of hydrogen-bond donors (Lipinski definition) is 2. The van der Waals surface area contributed by atoms with Crippen molar-refractivity contribution >= 4 is 11.9 Å². The Morgan fingerprint density at radius 2 is 1.81 bits per heavy atom. The number of hydrogen-bond acceptors (Lipinski definition) is 4. The Hall–Kier alpha value is -2.24. The van der Waals surface area contributed by atoms with E-state index in [1.807, 2.05) is 0 Å². The van der Waals surface area contributed by atoms with Gasteiger partial charge in [-0.3, -0.25) is 4.79 Å². The molecule has 0 aromatic heterocycles. The highest BCUT2D eigenvalue weighted by Crippen LogP contribution is 2.26. The lowest BCUT2D eigenvalue weighted by molar-refractivity contribution is -0.142. The monoisotopic (exact) mass is 295 g/mol. The van der Waals surface area contributed by atoms with E-state index in [4.69, 9.17) is 9.47 Å². The van der Waals surface area contributed by atoms with Crippen molar-refractivity contribution in [3.05, 3.63) is 23.8 Å². The number of rotatable bonds is 5. The van der Waals surface area contributed by atoms with Crippen LogP contribution in [0.25, 0.3) is 0 Å². The topological polar surface area (TPSA) is 84.9 Å². The average molecular weight is 295 g/mol. The van der Waals surface area contributed by atoms with Gasteiger partial charge in [0.1, 0.15) is 17.5 Å². The van der Waals surface area contributed by atoms with Crippen molar-refractivity contribution in [2.24, 2.45) is 5.41 Å². The highest BCUT2D eigenvalue weighted by molar-refractivity contribution is 5.99. The van der Waals surface area contributed by atoms with Crippen LogP contribution in [0.5, 0.6) is 11.5 Å². The summed E-state index contributed by atoms with van der Waals surface area (Å²) in [6.45, 7) is 5.24. The molecule has 0 spiro atoms. The summed E-state index contributed by atoms with van der Waals surface area (Å²) in [4.78, 5) is 23.6. The molecular weight excluding hydrogens is 274 g/mol. The highest BCUT2D eigenvalue weighted by Gasteiger charge is 2.33. The lowest BCUT2D eigenvalue weighted by Gasteiger charge is -2.28. The minimum Gasteiger partial charge on any atom is -0.497 e. The van der Waals surface area contributed by atoms with Crippen molar-refractivity contribution < 1.29 is 24.2 Å². The smallest absolute Gasteiger partial charge is 0.326 e. The minimum atomic E-state index is -1.08. The fourth-order valence-corrected chi connectivity index (χ4v) is 1.84. The second-order valence-corrected chi connectivity index (χ2v) is 5.68. The third-order valence-corrected chi connectivity index (χ3v) is 3.04. The van der Waals surface area contributed by atoms with Gasteiger partial charge in [0.2, 0.25) is 0 Å². The number of carboxylic acids is 1. The number of benzene rings is 1. The summed E-state index contributed by atoms with van der Waals surface area (Å²) in [6, 6.07) is 3.72. The largest absolute Gasteiger partial charge is 0.497 e. The van der Waals surface area contributed by atoms with Gasteiger partial charge in [-0.05, 0) is 17.5 Å². The predicted octanol–water partition coefficient (Wildman–Crippen LogP) is 1.93. The van der Waals surface area contributed by atoms with Crippen molar-refractivity contribution in [2.75, 3.05) is 14.2 Å². The molecule has 21 heavy (non-hydrogen) atoms. The minimum absolute atomic E-state index is 0.258. The summed E-state index contributed by atoms with van der Waals surface area (Å²) in [5, 5.41) is 11.8. The van der Waals surface area contributed by atoms with Crippen LogP contribution in [-0.4, -0.2) is 37.2 Å². The van der Waals surface area contributed by atoms with Crippen molar-refractivity contribution in [1.29, 1.82) is 0 Å². The molecule has 1 atom stereocenters. The van der Waals surface area contributed by atoms with Crippen LogP contribution in [0, 0.1) is 5.41 Å². The molecular formula is C15H21NO5. The van der Waals surface area contributed by atoms with E-state index in [-0.39, 0.29) is 5.56 Å². The van der Waals surface area contributed by atoms with E-state index in [1.54, 1.807) is 32.9 Å². The molecule has 6 heteroatoms. The molecule has 0 fully saturated rings. The number of methoxy groups -OCH3 is 2. The first-order valence-electron chi connectivity index (χ1n) is 6.46. The van der Waals surface area contributed by atoms with Crippen molar-refractivity contribution in [3.8, 4) is 11.5 Å². The lowest BCUT2D eigenvalue weighted by atomic mass is 9.86. The van der Waals surface area contributed by atoms with E-state index in [9.17, 15) is 14.7 Å². The van der Waals surface area contributed by atoms with Gasteiger partial charge in [0.15, 0.2) is 0 Å². The fourth-order valence-electron chi connectivity index (χ4n) is 1.84. The molecule has 0 aliphatic carbocycles. The van der Waals surface area contributed by atoms with E-state index in [0.29, 0.717) is 11.5 Å². The van der Waals surface area contributed by atoms with Gasteiger partial charge in [-0.1, -0.05) is 20.8 Å². The fraction of sp³-hybridized carbons (Fsp3) is 0.467. The molecule has 0 saturated heterocycles. The van der Waals surface area contributed by atoms with Gasteiger partial charge in [-0.2, -0.15) is 0 Å². The summed E-state index contributed by atoms with van der Waals surface area (Å²) in [5.74, 6) is -0.709. The molecule has 0 radical (unpaired) electrons. The Balaban J connectivity index is 3.06. The van der Waals surface area contributed by atoms with Crippen LogP contribution >= 0.6 is 0 Å². The maximum Gasteiger partial charge on any atom is 0.326 e. The summed E-state index contributed by atoms with van der Waals surface area (Å²) < 4.78 is 10.2. The molecule has 1 aromatic carbocycles. The molecule has 1 rings (SSSR count). The van der Waals surface area contributed by atoms with Crippen molar-refractivity contribution in [3.63, 3.8) is 0 Å². The molecule has 0 bridgehead atoms. The predicted molar refractivity (Wildman–Crippen MR) is 77.9 cm³/mol.